The minimum Gasteiger partial charge on any atom is -0.310 e. The average Bonchev–Trinajstić information content (AvgIpc) is 3.73. The van der Waals surface area contributed by atoms with E-state index in [0.717, 1.165) is 11.8 Å². The molecule has 0 saturated heterocycles. The van der Waals surface area contributed by atoms with Crippen molar-refractivity contribution < 1.29 is 0 Å². The zero-order chi connectivity index (χ0) is 41.2. The number of nitrogens with zero attached hydrogens (tertiary/aromatic N) is 1. The SMILES string of the molecule is CC1(C)c2ccccc2-c2ccc(N(c3cc(-c4ccccc4)cc(-c4ccccc4)c3)c3ccc4c(c3)-c3ccc(-c5ccccc5)cc3C43C4CC5CC(C4)CC3C5)cc21. The van der Waals surface area contributed by atoms with Gasteiger partial charge in [0.15, 0.2) is 0 Å². The molecule has 0 radical (unpaired) electrons. The van der Waals surface area contributed by atoms with Crippen LogP contribution < -0.4 is 4.90 Å². The van der Waals surface area contributed by atoms with Crippen molar-refractivity contribution in [3.8, 4) is 55.6 Å². The predicted molar refractivity (Wildman–Crippen MR) is 258 cm³/mol. The molecule has 0 N–H and O–H groups in total. The van der Waals surface area contributed by atoms with Crippen LogP contribution in [0.4, 0.5) is 17.1 Å². The summed E-state index contributed by atoms with van der Waals surface area (Å²) in [5.74, 6) is 3.19. The summed E-state index contributed by atoms with van der Waals surface area (Å²) in [6.07, 6.45) is 6.94. The molecule has 0 aliphatic heterocycles. The Bertz CT molecular complexity index is 2960. The lowest BCUT2D eigenvalue weighted by Crippen LogP contribution is -2.55. The fourth-order valence-electron chi connectivity index (χ4n) is 13.8. The molecule has 0 aromatic heterocycles. The van der Waals surface area contributed by atoms with Crippen LogP contribution in [0.15, 0.2) is 188 Å². The van der Waals surface area contributed by atoms with Gasteiger partial charge in [0.2, 0.25) is 0 Å². The van der Waals surface area contributed by atoms with Crippen molar-refractivity contribution in [3.63, 3.8) is 0 Å². The summed E-state index contributed by atoms with van der Waals surface area (Å²) >= 11 is 0. The molecule has 0 unspecified atom stereocenters. The zero-order valence-corrected chi connectivity index (χ0v) is 35.7. The van der Waals surface area contributed by atoms with E-state index < -0.39 is 0 Å². The van der Waals surface area contributed by atoms with Crippen molar-refractivity contribution in [1.29, 1.82) is 0 Å². The fraction of sp³-hybridized carbons (Fsp3) is 0.213. The van der Waals surface area contributed by atoms with E-state index >= 15 is 0 Å². The summed E-state index contributed by atoms with van der Waals surface area (Å²) in [4.78, 5) is 2.57. The summed E-state index contributed by atoms with van der Waals surface area (Å²) in [5, 5.41) is 0. The second-order valence-corrected chi connectivity index (χ2v) is 19.8. The third-order valence-corrected chi connectivity index (χ3v) is 16.2. The standard InChI is InChI=1S/C61H51N/c1-60(2)56-21-13-12-20-52(56)53-26-23-50(38-58(53)60)62(51-34-45(42-16-8-4-9-17-42)33-46(35-51)43-18-10-5-11-19-43)49-24-27-57-55(37-49)54-25-22-44(41-14-6-3-7-15-41)36-59(54)61(57)47-29-39-28-40(31-47)32-48(61)30-39/h3-27,33-40,47-48H,28-32H2,1-2H3. The first-order valence-electron chi connectivity index (χ1n) is 23.1. The lowest BCUT2D eigenvalue weighted by molar-refractivity contribution is -0.0399. The Morgan fingerprint density at radius 1 is 0.339 bits per heavy atom. The molecule has 8 aromatic carbocycles. The van der Waals surface area contributed by atoms with E-state index in [4.69, 9.17) is 0 Å². The number of anilines is 3. The highest BCUT2D eigenvalue weighted by atomic mass is 15.1. The smallest absolute Gasteiger partial charge is 0.0473 e. The number of benzene rings is 8. The number of fused-ring (bicyclic) bond motifs is 6. The van der Waals surface area contributed by atoms with E-state index in [1.165, 1.54) is 116 Å². The molecule has 6 aliphatic rings. The molecule has 4 bridgehead atoms. The van der Waals surface area contributed by atoms with Gasteiger partial charge in [-0.1, -0.05) is 153 Å². The Balaban J connectivity index is 1.05. The maximum atomic E-state index is 2.63. The van der Waals surface area contributed by atoms with E-state index in [1.807, 2.05) is 0 Å². The van der Waals surface area contributed by atoms with Crippen LogP contribution in [0.25, 0.3) is 55.6 Å². The minimum absolute atomic E-state index is 0.0727. The first-order chi connectivity index (χ1) is 30.4. The van der Waals surface area contributed by atoms with Gasteiger partial charge in [-0.2, -0.15) is 0 Å². The largest absolute Gasteiger partial charge is 0.310 e. The molecule has 0 heterocycles. The van der Waals surface area contributed by atoms with Gasteiger partial charge < -0.3 is 4.90 Å². The van der Waals surface area contributed by atoms with E-state index in [-0.39, 0.29) is 10.8 Å². The lowest BCUT2D eigenvalue weighted by atomic mass is 9.43. The Morgan fingerprint density at radius 3 is 1.50 bits per heavy atom. The predicted octanol–water partition coefficient (Wildman–Crippen LogP) is 16.2. The molecule has 300 valence electrons. The molecular weight excluding hydrogens is 747 g/mol. The van der Waals surface area contributed by atoms with E-state index in [0.29, 0.717) is 11.8 Å². The van der Waals surface area contributed by atoms with Crippen LogP contribution in [-0.2, 0) is 10.8 Å². The molecule has 6 aliphatic carbocycles. The molecule has 4 saturated carbocycles. The van der Waals surface area contributed by atoms with Crippen molar-refractivity contribution >= 4 is 17.1 Å². The zero-order valence-electron chi connectivity index (χ0n) is 35.7. The molecule has 8 aromatic rings. The van der Waals surface area contributed by atoms with Crippen LogP contribution in [0.5, 0.6) is 0 Å². The summed E-state index contributed by atoms with van der Waals surface area (Å²) < 4.78 is 0. The Hall–Kier alpha value is -6.44. The Kier molecular flexibility index (Phi) is 7.91. The van der Waals surface area contributed by atoms with Crippen LogP contribution in [0.1, 0.15) is 68.2 Å². The normalized spacial score (nSPS) is 22.9. The molecule has 0 atom stereocenters. The molecular formula is C61H51N. The molecule has 1 spiro atoms. The van der Waals surface area contributed by atoms with Crippen molar-refractivity contribution in [2.45, 2.75) is 56.8 Å². The van der Waals surface area contributed by atoms with Gasteiger partial charge in [-0.25, -0.2) is 0 Å². The average molecular weight is 798 g/mol. The minimum atomic E-state index is -0.117. The highest BCUT2D eigenvalue weighted by molar-refractivity contribution is 5.92. The van der Waals surface area contributed by atoms with Gasteiger partial charge in [0, 0.05) is 27.9 Å². The van der Waals surface area contributed by atoms with E-state index in [1.54, 1.807) is 11.1 Å². The molecule has 1 heteroatoms. The molecule has 1 nitrogen and oxygen atoms in total. The molecule has 14 rings (SSSR count). The van der Waals surface area contributed by atoms with Crippen molar-refractivity contribution in [1.82, 2.24) is 0 Å². The van der Waals surface area contributed by atoms with Crippen molar-refractivity contribution in [3.05, 3.63) is 210 Å². The van der Waals surface area contributed by atoms with Gasteiger partial charge in [-0.15, -0.1) is 0 Å². The van der Waals surface area contributed by atoms with Gasteiger partial charge in [0.25, 0.3) is 0 Å². The maximum absolute atomic E-state index is 2.63. The van der Waals surface area contributed by atoms with Gasteiger partial charge in [0.05, 0.1) is 0 Å². The monoisotopic (exact) mass is 797 g/mol. The molecule has 0 amide bonds. The third-order valence-electron chi connectivity index (χ3n) is 16.2. The van der Waals surface area contributed by atoms with Gasteiger partial charge >= 0.3 is 0 Å². The van der Waals surface area contributed by atoms with E-state index in [2.05, 4.69) is 207 Å². The third kappa shape index (κ3) is 5.27. The molecule has 4 fully saturated rings. The fourth-order valence-corrected chi connectivity index (χ4v) is 13.8. The second-order valence-electron chi connectivity index (χ2n) is 19.8. The quantitative estimate of drug-likeness (QED) is 0.162. The van der Waals surface area contributed by atoms with Gasteiger partial charge in [0.1, 0.15) is 0 Å². The topological polar surface area (TPSA) is 3.24 Å². The summed E-state index contributed by atoms with van der Waals surface area (Å²) in [6, 6.07) is 71.6. The summed E-state index contributed by atoms with van der Waals surface area (Å²) in [5.41, 5.74) is 22.6. The number of hydrogen-bond donors (Lipinski definition) is 0. The van der Waals surface area contributed by atoms with Crippen molar-refractivity contribution in [2.24, 2.45) is 23.7 Å². The second kappa shape index (κ2) is 13.5. The Morgan fingerprint density at radius 2 is 0.855 bits per heavy atom. The van der Waals surface area contributed by atoms with Gasteiger partial charge in [-0.05, 0) is 182 Å². The first-order valence-corrected chi connectivity index (χ1v) is 23.1. The maximum Gasteiger partial charge on any atom is 0.0473 e. The van der Waals surface area contributed by atoms with Crippen LogP contribution in [0.2, 0.25) is 0 Å². The Labute approximate surface area is 366 Å². The highest BCUT2D eigenvalue weighted by Crippen LogP contribution is 2.70. The van der Waals surface area contributed by atoms with Gasteiger partial charge in [-0.3, -0.25) is 0 Å². The lowest BCUT2D eigenvalue weighted by Gasteiger charge is -2.61. The van der Waals surface area contributed by atoms with Crippen molar-refractivity contribution in [2.75, 3.05) is 4.90 Å². The highest BCUT2D eigenvalue weighted by Gasteiger charge is 2.61. The van der Waals surface area contributed by atoms with Crippen LogP contribution in [0, 0.1) is 23.7 Å². The summed E-state index contributed by atoms with van der Waals surface area (Å²) in [6.45, 7) is 4.80. The first kappa shape index (κ1) is 36.2. The van der Waals surface area contributed by atoms with E-state index in [9.17, 15) is 0 Å². The van der Waals surface area contributed by atoms with Crippen LogP contribution >= 0.6 is 0 Å². The number of rotatable bonds is 6. The van der Waals surface area contributed by atoms with Crippen LogP contribution in [-0.4, -0.2) is 0 Å². The van der Waals surface area contributed by atoms with Crippen LogP contribution in [0.3, 0.4) is 0 Å². The molecule has 62 heavy (non-hydrogen) atoms. The summed E-state index contributed by atoms with van der Waals surface area (Å²) in [7, 11) is 0. The number of hydrogen-bond acceptors (Lipinski definition) is 1.